The van der Waals surface area contributed by atoms with Crippen LogP contribution in [0.1, 0.15) is 46.5 Å². The van der Waals surface area contributed by atoms with Gasteiger partial charge in [0.25, 0.3) is 0 Å². The van der Waals surface area contributed by atoms with Crippen molar-refractivity contribution in [3.8, 4) is 0 Å². The van der Waals surface area contributed by atoms with Crippen molar-refractivity contribution < 1.29 is 9.90 Å². The summed E-state index contributed by atoms with van der Waals surface area (Å²) < 4.78 is 0. The molecule has 2 aliphatic rings. The van der Waals surface area contributed by atoms with Crippen LogP contribution in [0.25, 0.3) is 0 Å². The molecule has 0 aliphatic heterocycles. The van der Waals surface area contributed by atoms with Crippen LogP contribution < -0.4 is 0 Å². The molecule has 17 heavy (non-hydrogen) atoms. The zero-order valence-corrected chi connectivity index (χ0v) is 11.0. The van der Waals surface area contributed by atoms with Gasteiger partial charge in [-0.1, -0.05) is 19.1 Å². The summed E-state index contributed by atoms with van der Waals surface area (Å²) in [5.41, 5.74) is 2.85. The molecule has 94 valence electrons. The molecule has 3 atom stereocenters. The van der Waals surface area contributed by atoms with Gasteiger partial charge in [-0.3, -0.25) is 4.79 Å². The molecular formula is C15H22O2. The van der Waals surface area contributed by atoms with Crippen molar-refractivity contribution in [1.29, 1.82) is 0 Å². The van der Waals surface area contributed by atoms with Crippen LogP contribution in [0.3, 0.4) is 0 Å². The molecule has 0 aromatic heterocycles. The molecule has 0 radical (unpaired) electrons. The van der Waals surface area contributed by atoms with E-state index in [2.05, 4.69) is 13.5 Å². The Hall–Kier alpha value is -0.890. The van der Waals surface area contributed by atoms with E-state index in [9.17, 15) is 9.90 Å². The number of allylic oxidation sites excluding steroid dienone is 1. The lowest BCUT2D eigenvalue weighted by Crippen LogP contribution is -2.42. The van der Waals surface area contributed by atoms with Crippen LogP contribution in [0.4, 0.5) is 0 Å². The maximum Gasteiger partial charge on any atom is 0.158 e. The number of fused-ring (bicyclic) bond motifs is 1. The van der Waals surface area contributed by atoms with Crippen molar-refractivity contribution in [2.75, 3.05) is 0 Å². The second kappa shape index (κ2) is 4.09. The first kappa shape index (κ1) is 12.6. The Labute approximate surface area is 103 Å². The Balaban J connectivity index is 2.46. The van der Waals surface area contributed by atoms with Gasteiger partial charge in [0.15, 0.2) is 5.78 Å². The number of carbonyl (C=O) groups excluding carboxylic acids is 1. The zero-order chi connectivity index (χ0) is 12.8. The van der Waals surface area contributed by atoms with E-state index in [4.69, 9.17) is 0 Å². The van der Waals surface area contributed by atoms with Crippen molar-refractivity contribution in [1.82, 2.24) is 0 Å². The third kappa shape index (κ3) is 1.89. The Bertz CT molecular complexity index is 405. The van der Waals surface area contributed by atoms with E-state index < -0.39 is 6.10 Å². The number of hydrogen-bond donors (Lipinski definition) is 1. The Morgan fingerprint density at radius 2 is 2.12 bits per heavy atom. The summed E-state index contributed by atoms with van der Waals surface area (Å²) in [4.78, 5) is 11.8. The van der Waals surface area contributed by atoms with Crippen LogP contribution in [0, 0.1) is 11.3 Å². The van der Waals surface area contributed by atoms with E-state index in [-0.39, 0.29) is 17.1 Å². The zero-order valence-electron chi connectivity index (χ0n) is 11.0. The van der Waals surface area contributed by atoms with Crippen LogP contribution in [-0.2, 0) is 4.79 Å². The number of Topliss-reactive ketones (excluding diaryl/α,β-unsaturated/α-hetero) is 1. The van der Waals surface area contributed by atoms with Gasteiger partial charge in [-0.15, -0.1) is 0 Å². The minimum absolute atomic E-state index is 0.0311. The molecule has 0 amide bonds. The molecule has 2 nitrogen and oxygen atoms in total. The molecule has 0 spiro atoms. The first-order valence-corrected chi connectivity index (χ1v) is 6.45. The van der Waals surface area contributed by atoms with Crippen LogP contribution in [-0.4, -0.2) is 17.0 Å². The van der Waals surface area contributed by atoms with E-state index in [0.29, 0.717) is 6.42 Å². The summed E-state index contributed by atoms with van der Waals surface area (Å²) in [6.45, 7) is 10.0. The monoisotopic (exact) mass is 234 g/mol. The number of ketones is 1. The summed E-state index contributed by atoms with van der Waals surface area (Å²) in [6, 6.07) is 0. The predicted molar refractivity (Wildman–Crippen MR) is 68.6 cm³/mol. The van der Waals surface area contributed by atoms with Crippen LogP contribution in [0.5, 0.6) is 0 Å². The van der Waals surface area contributed by atoms with Gasteiger partial charge in [0, 0.05) is 12.3 Å². The van der Waals surface area contributed by atoms with Crippen LogP contribution in [0.15, 0.2) is 23.3 Å². The first-order valence-electron chi connectivity index (χ1n) is 6.45. The number of aliphatic hydroxyl groups excluding tert-OH is 1. The van der Waals surface area contributed by atoms with Crippen LogP contribution in [0.2, 0.25) is 0 Å². The second-order valence-corrected chi connectivity index (χ2v) is 5.96. The highest BCUT2D eigenvalue weighted by molar-refractivity contribution is 5.97. The predicted octanol–water partition coefficient (Wildman–Crippen LogP) is 3.02. The van der Waals surface area contributed by atoms with Gasteiger partial charge in [-0.25, -0.2) is 0 Å². The molecule has 2 heteroatoms. The van der Waals surface area contributed by atoms with Gasteiger partial charge >= 0.3 is 0 Å². The van der Waals surface area contributed by atoms with Gasteiger partial charge in [0.2, 0.25) is 0 Å². The quantitative estimate of drug-likeness (QED) is 0.708. The molecule has 2 rings (SSSR count). The topological polar surface area (TPSA) is 37.3 Å². The standard InChI is InChI=1S/C15H22O2/c1-9(2)11-5-7-15(4)8-6-12(16)10(3)13(15)14(11)17/h11,14,17H,1,5-8H2,2-4H3/t11-,14+,15+/m0/s1. The largest absolute Gasteiger partial charge is 0.388 e. The first-order chi connectivity index (χ1) is 7.87. The molecule has 0 heterocycles. The minimum atomic E-state index is -0.504. The van der Waals surface area contributed by atoms with Crippen molar-refractivity contribution in [3.05, 3.63) is 23.3 Å². The number of rotatable bonds is 1. The molecule has 1 saturated carbocycles. The maximum atomic E-state index is 11.8. The second-order valence-electron chi connectivity index (χ2n) is 5.96. The molecular weight excluding hydrogens is 212 g/mol. The summed E-state index contributed by atoms with van der Waals surface area (Å²) >= 11 is 0. The smallest absolute Gasteiger partial charge is 0.158 e. The average Bonchev–Trinajstić information content (AvgIpc) is 2.24. The van der Waals surface area contributed by atoms with Crippen molar-refractivity contribution in [3.63, 3.8) is 0 Å². The van der Waals surface area contributed by atoms with Crippen molar-refractivity contribution in [2.24, 2.45) is 11.3 Å². The minimum Gasteiger partial charge on any atom is -0.388 e. The van der Waals surface area contributed by atoms with E-state index in [0.717, 1.165) is 36.0 Å². The maximum absolute atomic E-state index is 11.8. The van der Waals surface area contributed by atoms with E-state index in [1.54, 1.807) is 0 Å². The summed E-state index contributed by atoms with van der Waals surface area (Å²) in [5, 5.41) is 10.5. The SMILES string of the molecule is C=C(C)[C@@H]1CC[C@]2(C)CCC(=O)C(C)=C2[C@@H]1O. The summed E-state index contributed by atoms with van der Waals surface area (Å²) in [7, 11) is 0. The Kier molecular flexibility index (Phi) is 3.03. The van der Waals surface area contributed by atoms with E-state index >= 15 is 0 Å². The van der Waals surface area contributed by atoms with Gasteiger partial charge in [0.1, 0.15) is 0 Å². The lowest BCUT2D eigenvalue weighted by molar-refractivity contribution is -0.117. The molecule has 2 aliphatic carbocycles. The lowest BCUT2D eigenvalue weighted by atomic mass is 9.59. The number of carbonyl (C=O) groups is 1. The highest BCUT2D eigenvalue weighted by Gasteiger charge is 2.45. The third-order valence-electron chi connectivity index (χ3n) is 4.69. The van der Waals surface area contributed by atoms with Crippen LogP contribution >= 0.6 is 0 Å². The van der Waals surface area contributed by atoms with Gasteiger partial charge in [-0.05, 0) is 49.7 Å². The number of hydrogen-bond acceptors (Lipinski definition) is 2. The summed E-state index contributed by atoms with van der Waals surface area (Å²) in [6.07, 6.45) is 3.06. The van der Waals surface area contributed by atoms with Gasteiger partial charge in [-0.2, -0.15) is 0 Å². The highest BCUT2D eigenvalue weighted by Crippen LogP contribution is 2.51. The Morgan fingerprint density at radius 3 is 2.71 bits per heavy atom. The van der Waals surface area contributed by atoms with Crippen molar-refractivity contribution >= 4 is 5.78 Å². The van der Waals surface area contributed by atoms with Crippen molar-refractivity contribution in [2.45, 2.75) is 52.6 Å². The fourth-order valence-electron chi connectivity index (χ4n) is 3.50. The number of aliphatic hydroxyl groups is 1. The Morgan fingerprint density at radius 1 is 1.47 bits per heavy atom. The molecule has 0 bridgehead atoms. The normalized spacial score (nSPS) is 38.0. The van der Waals surface area contributed by atoms with E-state index in [1.165, 1.54) is 0 Å². The fourth-order valence-corrected chi connectivity index (χ4v) is 3.50. The molecule has 0 unspecified atom stereocenters. The average molecular weight is 234 g/mol. The summed E-state index contributed by atoms with van der Waals surface area (Å²) in [5.74, 6) is 0.331. The van der Waals surface area contributed by atoms with E-state index in [1.807, 2.05) is 13.8 Å². The van der Waals surface area contributed by atoms with Gasteiger partial charge < -0.3 is 5.11 Å². The molecule has 1 fully saturated rings. The molecule has 0 aromatic carbocycles. The molecule has 1 N–H and O–H groups in total. The third-order valence-corrected chi connectivity index (χ3v) is 4.69. The fraction of sp³-hybridized carbons (Fsp3) is 0.667. The van der Waals surface area contributed by atoms with Gasteiger partial charge in [0.05, 0.1) is 6.10 Å². The molecule has 0 saturated heterocycles. The molecule has 0 aromatic rings. The lowest BCUT2D eigenvalue weighted by Gasteiger charge is -2.46. The highest BCUT2D eigenvalue weighted by atomic mass is 16.3.